The Morgan fingerprint density at radius 3 is 2.48 bits per heavy atom. The van der Waals surface area contributed by atoms with Crippen molar-refractivity contribution in [1.82, 2.24) is 0 Å². The summed E-state index contributed by atoms with van der Waals surface area (Å²) in [5, 5.41) is 18.2. The Balaban J connectivity index is 2.18. The van der Waals surface area contributed by atoms with Crippen molar-refractivity contribution >= 4 is 17.6 Å². The molecule has 0 aliphatic carbocycles. The van der Waals surface area contributed by atoms with Crippen molar-refractivity contribution in [3.8, 4) is 0 Å². The molecule has 0 amide bonds. The Labute approximate surface area is 122 Å². The molecule has 0 spiro atoms. The number of ether oxygens (including phenoxy) is 1. The van der Waals surface area contributed by atoms with Gasteiger partial charge in [0.25, 0.3) is 0 Å². The minimum absolute atomic E-state index is 0.136. The zero-order valence-electron chi connectivity index (χ0n) is 11.4. The number of carboxylic acids is 2. The lowest BCUT2D eigenvalue weighted by Gasteiger charge is -2.19. The highest BCUT2D eigenvalue weighted by molar-refractivity contribution is 5.87. The minimum Gasteiger partial charge on any atom is -0.480 e. The van der Waals surface area contributed by atoms with Gasteiger partial charge in [0.15, 0.2) is 0 Å². The number of hydrogen-bond acceptors (Lipinski definition) is 4. The second-order valence-electron chi connectivity index (χ2n) is 4.81. The van der Waals surface area contributed by atoms with E-state index in [1.54, 1.807) is 24.3 Å². The van der Waals surface area contributed by atoms with E-state index in [9.17, 15) is 14.7 Å². The average Bonchev–Trinajstić information content (AvgIpc) is 3.26. The molecule has 1 aromatic rings. The van der Waals surface area contributed by atoms with Crippen LogP contribution in [0, 0.1) is 0 Å². The summed E-state index contributed by atoms with van der Waals surface area (Å²) in [6.07, 6.45) is 2.52. The van der Waals surface area contributed by atoms with Gasteiger partial charge >= 0.3 is 11.9 Å². The lowest BCUT2D eigenvalue weighted by atomic mass is 10.1. The van der Waals surface area contributed by atoms with Crippen molar-refractivity contribution < 1.29 is 24.5 Å². The first kappa shape index (κ1) is 15.1. The number of anilines is 1. The third kappa shape index (κ3) is 4.92. The molecule has 6 heteroatoms. The van der Waals surface area contributed by atoms with E-state index in [-0.39, 0.29) is 18.2 Å². The quantitative estimate of drug-likeness (QED) is 0.560. The van der Waals surface area contributed by atoms with Crippen molar-refractivity contribution in [2.45, 2.75) is 18.9 Å². The zero-order valence-corrected chi connectivity index (χ0v) is 11.4. The van der Waals surface area contributed by atoms with E-state index in [0.29, 0.717) is 25.1 Å². The molecule has 21 heavy (non-hydrogen) atoms. The molecule has 1 fully saturated rings. The smallest absolute Gasteiger partial charge is 0.333 e. The lowest BCUT2D eigenvalue weighted by Crippen LogP contribution is -2.25. The highest BCUT2D eigenvalue weighted by Crippen LogP contribution is 2.21. The summed E-state index contributed by atoms with van der Waals surface area (Å²) < 4.78 is 5.06. The maximum atomic E-state index is 11.3. The molecule has 1 aliphatic heterocycles. The zero-order chi connectivity index (χ0) is 15.2. The van der Waals surface area contributed by atoms with Crippen molar-refractivity contribution in [1.29, 1.82) is 0 Å². The molecule has 1 saturated heterocycles. The molecular weight excluding hydrogens is 274 g/mol. The molecule has 112 valence electrons. The number of epoxide rings is 1. The summed E-state index contributed by atoms with van der Waals surface area (Å²) in [5.41, 5.74) is 0.817. The highest BCUT2D eigenvalue weighted by atomic mass is 16.6. The largest absolute Gasteiger partial charge is 0.480 e. The predicted molar refractivity (Wildman–Crippen MR) is 76.1 cm³/mol. The number of carbonyl (C=O) groups is 2. The number of nitrogens with zero attached hydrogens (tertiary/aromatic N) is 1. The fourth-order valence-electron chi connectivity index (χ4n) is 1.94. The van der Waals surface area contributed by atoms with Gasteiger partial charge in [0, 0.05) is 11.9 Å². The highest BCUT2D eigenvalue weighted by Gasteiger charge is 2.24. The second kappa shape index (κ2) is 6.90. The van der Waals surface area contributed by atoms with Gasteiger partial charge in [-0.2, -0.15) is 0 Å². The molecule has 1 unspecified atom stereocenters. The van der Waals surface area contributed by atoms with Crippen LogP contribution in [0.25, 0.3) is 0 Å². The first-order chi connectivity index (χ1) is 10.1. The summed E-state index contributed by atoms with van der Waals surface area (Å²) in [6.45, 7) is 0.380. The van der Waals surface area contributed by atoms with E-state index in [4.69, 9.17) is 9.84 Å². The number of aliphatic carboxylic acids is 2. The van der Waals surface area contributed by atoms with Gasteiger partial charge in [-0.25, -0.2) is 4.79 Å². The number of carboxylic acid groups (broad SMARTS) is 2. The molecular formula is C15H17NO5. The Morgan fingerprint density at radius 2 is 1.95 bits per heavy atom. The Hall–Kier alpha value is -2.34. The summed E-state index contributed by atoms with van der Waals surface area (Å²) in [5.74, 6) is -2.06. The molecule has 6 nitrogen and oxygen atoms in total. The van der Waals surface area contributed by atoms with Crippen molar-refractivity contribution in [2.75, 3.05) is 18.1 Å². The van der Waals surface area contributed by atoms with Gasteiger partial charge in [0.2, 0.25) is 0 Å². The van der Waals surface area contributed by atoms with Gasteiger partial charge in [-0.1, -0.05) is 18.2 Å². The van der Waals surface area contributed by atoms with Gasteiger partial charge in [0.05, 0.1) is 18.3 Å². The number of benzene rings is 1. The minimum atomic E-state index is -1.04. The number of rotatable bonds is 8. The second-order valence-corrected chi connectivity index (χ2v) is 4.81. The molecule has 0 aromatic heterocycles. The van der Waals surface area contributed by atoms with Crippen LogP contribution in [0.3, 0.4) is 0 Å². The van der Waals surface area contributed by atoms with E-state index in [0.717, 1.165) is 0 Å². The third-order valence-electron chi connectivity index (χ3n) is 3.12. The van der Waals surface area contributed by atoms with Crippen LogP contribution in [-0.4, -0.2) is 41.4 Å². The molecule has 1 aromatic carbocycles. The standard InChI is InChI=1S/C15H17NO5/c17-14(18)9-16(12-4-2-1-3-5-12)8-11(15(19)20)6-7-13-10-21-13/h1-5,8,13H,6-7,9-10H2,(H,17,18)(H,19,20). The first-order valence-corrected chi connectivity index (χ1v) is 6.65. The topological polar surface area (TPSA) is 90.4 Å². The van der Waals surface area contributed by atoms with Gasteiger partial charge < -0.3 is 19.8 Å². The van der Waals surface area contributed by atoms with Crippen LogP contribution in [0.15, 0.2) is 42.1 Å². The summed E-state index contributed by atoms with van der Waals surface area (Å²) in [7, 11) is 0. The summed E-state index contributed by atoms with van der Waals surface area (Å²) >= 11 is 0. The van der Waals surface area contributed by atoms with Crippen LogP contribution < -0.4 is 4.90 Å². The van der Waals surface area contributed by atoms with Gasteiger partial charge in [-0.3, -0.25) is 4.79 Å². The maximum Gasteiger partial charge on any atom is 0.333 e. The molecule has 2 N–H and O–H groups in total. The van der Waals surface area contributed by atoms with Gasteiger partial charge in [0.1, 0.15) is 6.54 Å². The first-order valence-electron chi connectivity index (χ1n) is 6.65. The lowest BCUT2D eigenvalue weighted by molar-refractivity contribution is -0.135. The summed E-state index contributed by atoms with van der Waals surface area (Å²) in [6, 6.07) is 8.84. The normalized spacial score (nSPS) is 17.3. The van der Waals surface area contributed by atoms with E-state index in [1.807, 2.05) is 6.07 Å². The Morgan fingerprint density at radius 1 is 1.29 bits per heavy atom. The Kier molecular flexibility index (Phi) is 4.94. The van der Waals surface area contributed by atoms with E-state index < -0.39 is 11.9 Å². The monoisotopic (exact) mass is 291 g/mol. The molecule has 0 saturated carbocycles. The van der Waals surface area contributed by atoms with Crippen molar-refractivity contribution in [3.05, 3.63) is 42.1 Å². The predicted octanol–water partition coefficient (Wildman–Crippen LogP) is 1.73. The van der Waals surface area contributed by atoms with Crippen LogP contribution in [0.1, 0.15) is 12.8 Å². The maximum absolute atomic E-state index is 11.3. The van der Waals surface area contributed by atoms with E-state index in [2.05, 4.69) is 0 Å². The number of hydrogen-bond donors (Lipinski definition) is 2. The molecule has 0 bridgehead atoms. The summed E-state index contributed by atoms with van der Waals surface area (Å²) in [4.78, 5) is 23.7. The van der Waals surface area contributed by atoms with Gasteiger partial charge in [-0.15, -0.1) is 0 Å². The fourth-order valence-corrected chi connectivity index (χ4v) is 1.94. The van der Waals surface area contributed by atoms with Gasteiger partial charge in [-0.05, 0) is 25.0 Å². The van der Waals surface area contributed by atoms with Crippen molar-refractivity contribution in [3.63, 3.8) is 0 Å². The molecule has 2 rings (SSSR count). The molecule has 1 heterocycles. The molecule has 1 aliphatic rings. The number of para-hydroxylation sites is 1. The van der Waals surface area contributed by atoms with Crippen LogP contribution in [0.2, 0.25) is 0 Å². The Bertz CT molecular complexity index is 536. The van der Waals surface area contributed by atoms with E-state index >= 15 is 0 Å². The van der Waals surface area contributed by atoms with Crippen molar-refractivity contribution in [2.24, 2.45) is 0 Å². The van der Waals surface area contributed by atoms with Crippen LogP contribution in [0.4, 0.5) is 5.69 Å². The SMILES string of the molecule is O=C(O)CN(C=C(CCC1CO1)C(=O)O)c1ccccc1. The van der Waals surface area contributed by atoms with E-state index in [1.165, 1.54) is 11.1 Å². The van der Waals surface area contributed by atoms with Crippen LogP contribution in [0.5, 0.6) is 0 Å². The van der Waals surface area contributed by atoms with Crippen LogP contribution in [-0.2, 0) is 14.3 Å². The fraction of sp³-hybridized carbons (Fsp3) is 0.333. The average molecular weight is 291 g/mol. The molecule has 1 atom stereocenters. The third-order valence-corrected chi connectivity index (χ3v) is 3.12. The van der Waals surface area contributed by atoms with Crippen LogP contribution >= 0.6 is 0 Å². The molecule has 0 radical (unpaired) electrons.